The highest BCUT2D eigenvalue weighted by Gasteiger charge is 2.44. The highest BCUT2D eigenvalue weighted by Crippen LogP contribution is 2.40. The smallest absolute Gasteiger partial charge is 0.406 e. The summed E-state index contributed by atoms with van der Waals surface area (Å²) in [5, 5.41) is 5.95. The normalized spacial score (nSPS) is 32.4. The van der Waals surface area contributed by atoms with E-state index in [4.69, 9.17) is 0 Å². The standard InChI is InChI=1S/C19H23F4N3O2/c20-12-6-17(24-8-12)18(27)25-16-5-4-11-9-26(10-15(11)16)13-2-1-3-14(7-13)28-19(21,22)23/h1-3,7,11-12,15-17,24H,4-6,8-10H2,(H,25,27)/t11-,12-,15+,16+,17+/m1/s1. The van der Waals surface area contributed by atoms with Gasteiger partial charge in [-0.1, -0.05) is 6.07 Å². The van der Waals surface area contributed by atoms with Crippen molar-refractivity contribution in [3.05, 3.63) is 24.3 Å². The average Bonchev–Trinajstić information content (AvgIpc) is 3.30. The molecular formula is C19H23F4N3O2. The summed E-state index contributed by atoms with van der Waals surface area (Å²) >= 11 is 0. The summed E-state index contributed by atoms with van der Waals surface area (Å²) in [6.07, 6.45) is -3.68. The molecule has 1 aromatic rings. The van der Waals surface area contributed by atoms with Crippen LogP contribution in [0.4, 0.5) is 23.2 Å². The van der Waals surface area contributed by atoms with Gasteiger partial charge in [0.15, 0.2) is 0 Å². The molecule has 0 unspecified atom stereocenters. The van der Waals surface area contributed by atoms with Crippen LogP contribution in [0.3, 0.4) is 0 Å². The molecule has 154 valence electrons. The molecule has 1 aliphatic carbocycles. The molecule has 28 heavy (non-hydrogen) atoms. The SMILES string of the molecule is O=C(N[C@H]1CC[C@@H]2CN(c3cccc(OC(F)(F)F)c3)C[C@@H]21)[C@@H]1C[C@@H](F)CN1. The van der Waals surface area contributed by atoms with Crippen LogP contribution in [0.25, 0.3) is 0 Å². The molecule has 1 aromatic carbocycles. The number of carbonyl (C=O) groups is 1. The molecule has 9 heteroatoms. The lowest BCUT2D eigenvalue weighted by molar-refractivity contribution is -0.274. The van der Waals surface area contributed by atoms with Crippen LogP contribution in [-0.2, 0) is 4.79 Å². The van der Waals surface area contributed by atoms with E-state index in [9.17, 15) is 22.4 Å². The lowest BCUT2D eigenvalue weighted by Crippen LogP contribution is -2.47. The fourth-order valence-corrected chi connectivity index (χ4v) is 4.71. The number of ether oxygens (including phenoxy) is 1. The lowest BCUT2D eigenvalue weighted by atomic mass is 9.97. The summed E-state index contributed by atoms with van der Waals surface area (Å²) in [4.78, 5) is 14.4. The molecule has 0 bridgehead atoms. The van der Waals surface area contributed by atoms with Crippen LogP contribution in [-0.4, -0.2) is 50.2 Å². The van der Waals surface area contributed by atoms with E-state index in [-0.39, 0.29) is 36.6 Å². The van der Waals surface area contributed by atoms with Crippen LogP contribution in [0.1, 0.15) is 19.3 Å². The minimum atomic E-state index is -4.72. The fourth-order valence-electron chi connectivity index (χ4n) is 4.71. The number of hydrogen-bond acceptors (Lipinski definition) is 4. The van der Waals surface area contributed by atoms with Gasteiger partial charge in [0.05, 0.1) is 6.04 Å². The van der Waals surface area contributed by atoms with Gasteiger partial charge in [-0.15, -0.1) is 13.2 Å². The first-order valence-electron chi connectivity index (χ1n) is 9.57. The molecule has 5 nitrogen and oxygen atoms in total. The third kappa shape index (κ3) is 4.19. The second-order valence-electron chi connectivity index (χ2n) is 7.86. The number of hydrogen-bond donors (Lipinski definition) is 2. The van der Waals surface area contributed by atoms with Crippen molar-refractivity contribution in [2.75, 3.05) is 24.5 Å². The first-order chi connectivity index (χ1) is 13.3. The van der Waals surface area contributed by atoms with Crippen LogP contribution in [0.2, 0.25) is 0 Å². The number of halogens is 4. The second kappa shape index (κ2) is 7.42. The predicted molar refractivity (Wildman–Crippen MR) is 94.8 cm³/mol. The largest absolute Gasteiger partial charge is 0.573 e. The molecule has 0 radical (unpaired) electrons. The minimum Gasteiger partial charge on any atom is -0.406 e. The molecule has 1 saturated carbocycles. The maximum absolute atomic E-state index is 13.3. The zero-order valence-electron chi connectivity index (χ0n) is 15.2. The van der Waals surface area contributed by atoms with E-state index in [1.54, 1.807) is 12.1 Å². The highest BCUT2D eigenvalue weighted by atomic mass is 19.4. The summed E-state index contributed by atoms with van der Waals surface area (Å²) in [6, 6.07) is 5.51. The Kier molecular flexibility index (Phi) is 5.11. The Morgan fingerprint density at radius 3 is 2.79 bits per heavy atom. The molecule has 1 amide bonds. The number of benzene rings is 1. The Balaban J connectivity index is 1.38. The van der Waals surface area contributed by atoms with E-state index in [0.717, 1.165) is 19.4 Å². The first kappa shape index (κ1) is 19.3. The van der Waals surface area contributed by atoms with Crippen molar-refractivity contribution < 1.29 is 27.1 Å². The molecule has 2 heterocycles. The molecule has 0 aromatic heterocycles. The molecule has 5 atom stereocenters. The zero-order valence-corrected chi connectivity index (χ0v) is 15.2. The summed E-state index contributed by atoms with van der Waals surface area (Å²) in [5.41, 5.74) is 0.680. The lowest BCUT2D eigenvalue weighted by Gasteiger charge is -2.24. The zero-order chi connectivity index (χ0) is 19.9. The van der Waals surface area contributed by atoms with Gasteiger partial charge in [-0.3, -0.25) is 4.79 Å². The maximum atomic E-state index is 13.3. The molecule has 2 N–H and O–H groups in total. The van der Waals surface area contributed by atoms with E-state index >= 15 is 0 Å². The quantitative estimate of drug-likeness (QED) is 0.762. The monoisotopic (exact) mass is 401 g/mol. The van der Waals surface area contributed by atoms with Gasteiger partial charge in [-0.2, -0.15) is 0 Å². The number of fused-ring (bicyclic) bond motifs is 1. The van der Waals surface area contributed by atoms with Gasteiger partial charge in [0.25, 0.3) is 0 Å². The minimum absolute atomic E-state index is 0.0116. The van der Waals surface area contributed by atoms with Gasteiger partial charge < -0.3 is 20.3 Å². The molecule has 0 spiro atoms. The van der Waals surface area contributed by atoms with Crippen molar-refractivity contribution in [2.45, 2.75) is 43.9 Å². The Morgan fingerprint density at radius 2 is 2.07 bits per heavy atom. The molecular weight excluding hydrogens is 378 g/mol. The van der Waals surface area contributed by atoms with Crippen molar-refractivity contribution >= 4 is 11.6 Å². The van der Waals surface area contributed by atoms with Crippen LogP contribution in [0, 0.1) is 11.8 Å². The number of amides is 1. The summed E-state index contributed by atoms with van der Waals surface area (Å²) in [5.74, 6) is 0.214. The number of anilines is 1. The van der Waals surface area contributed by atoms with Gasteiger partial charge in [0.1, 0.15) is 11.9 Å². The topological polar surface area (TPSA) is 53.6 Å². The van der Waals surface area contributed by atoms with E-state index < -0.39 is 18.6 Å². The van der Waals surface area contributed by atoms with Crippen LogP contribution >= 0.6 is 0 Å². The number of alkyl halides is 4. The predicted octanol–water partition coefficient (Wildman–Crippen LogP) is 2.62. The van der Waals surface area contributed by atoms with Crippen molar-refractivity contribution in [3.8, 4) is 5.75 Å². The average molecular weight is 401 g/mol. The van der Waals surface area contributed by atoms with Gasteiger partial charge in [-0.05, 0) is 30.9 Å². The molecule has 2 saturated heterocycles. The third-order valence-electron chi connectivity index (χ3n) is 5.99. The van der Waals surface area contributed by atoms with E-state index in [2.05, 4.69) is 15.4 Å². The molecule has 2 aliphatic heterocycles. The number of nitrogens with zero attached hydrogens (tertiary/aromatic N) is 1. The summed E-state index contributed by atoms with van der Waals surface area (Å²) in [7, 11) is 0. The molecule has 4 rings (SSSR count). The number of nitrogens with one attached hydrogen (secondary N) is 2. The van der Waals surface area contributed by atoms with E-state index in [1.807, 2.05) is 4.90 Å². The number of carbonyl (C=O) groups excluding carboxylic acids is 1. The fraction of sp³-hybridized carbons (Fsp3) is 0.632. The Labute approximate surface area is 160 Å². The maximum Gasteiger partial charge on any atom is 0.573 e. The van der Waals surface area contributed by atoms with Crippen molar-refractivity contribution in [1.82, 2.24) is 10.6 Å². The summed E-state index contributed by atoms with van der Waals surface area (Å²) < 4.78 is 54.7. The molecule has 3 aliphatic rings. The summed E-state index contributed by atoms with van der Waals surface area (Å²) in [6.45, 7) is 1.61. The first-order valence-corrected chi connectivity index (χ1v) is 9.57. The third-order valence-corrected chi connectivity index (χ3v) is 5.99. The van der Waals surface area contributed by atoms with Crippen LogP contribution in [0.5, 0.6) is 5.75 Å². The Bertz CT molecular complexity index is 729. The Morgan fingerprint density at radius 1 is 1.25 bits per heavy atom. The highest BCUT2D eigenvalue weighted by molar-refractivity contribution is 5.82. The van der Waals surface area contributed by atoms with E-state index in [1.165, 1.54) is 12.1 Å². The van der Waals surface area contributed by atoms with Gasteiger partial charge in [0.2, 0.25) is 5.91 Å². The van der Waals surface area contributed by atoms with Crippen molar-refractivity contribution in [3.63, 3.8) is 0 Å². The number of rotatable bonds is 4. The van der Waals surface area contributed by atoms with Crippen LogP contribution < -0.4 is 20.3 Å². The molecule has 3 fully saturated rings. The van der Waals surface area contributed by atoms with Crippen molar-refractivity contribution in [1.29, 1.82) is 0 Å². The Hall–Kier alpha value is -2.03. The van der Waals surface area contributed by atoms with E-state index in [0.29, 0.717) is 18.2 Å². The van der Waals surface area contributed by atoms with Crippen molar-refractivity contribution in [2.24, 2.45) is 11.8 Å². The van der Waals surface area contributed by atoms with Gasteiger partial charge in [0, 0.05) is 49.8 Å². The van der Waals surface area contributed by atoms with Gasteiger partial charge >= 0.3 is 6.36 Å². The van der Waals surface area contributed by atoms with Gasteiger partial charge in [-0.25, -0.2) is 4.39 Å². The van der Waals surface area contributed by atoms with Crippen LogP contribution in [0.15, 0.2) is 24.3 Å². The second-order valence-corrected chi connectivity index (χ2v) is 7.86.